The van der Waals surface area contributed by atoms with Gasteiger partial charge in [-0.1, -0.05) is 19.3 Å². The first-order chi connectivity index (χ1) is 12.6. The van der Waals surface area contributed by atoms with Gasteiger partial charge in [-0.25, -0.2) is 9.78 Å². The van der Waals surface area contributed by atoms with Gasteiger partial charge in [0.05, 0.1) is 10.9 Å². The minimum Gasteiger partial charge on any atom is -0.336 e. The highest BCUT2D eigenvalue weighted by Gasteiger charge is 2.29. The maximum Gasteiger partial charge on any atom is 0.330 e. The Kier molecular flexibility index (Phi) is 4.38. The van der Waals surface area contributed by atoms with Crippen LogP contribution < -0.4 is 11.2 Å². The van der Waals surface area contributed by atoms with Crippen LogP contribution in [0.5, 0.6) is 0 Å². The third kappa shape index (κ3) is 2.95. The molecule has 138 valence electrons. The van der Waals surface area contributed by atoms with Crippen molar-refractivity contribution in [3.05, 3.63) is 38.7 Å². The fraction of sp³-hybridized carbons (Fsp3) is 0.579. The number of pyridine rings is 1. The molecule has 2 aliphatic rings. The summed E-state index contributed by atoms with van der Waals surface area (Å²) in [5.41, 5.74) is -0.117. The normalized spacial score (nSPS) is 18.2. The Morgan fingerprint density at radius 3 is 2.62 bits per heavy atom. The lowest BCUT2D eigenvalue weighted by Crippen LogP contribution is -2.41. The second kappa shape index (κ2) is 6.70. The molecule has 0 saturated heterocycles. The van der Waals surface area contributed by atoms with Gasteiger partial charge >= 0.3 is 5.69 Å². The molecule has 7 heteroatoms. The zero-order valence-corrected chi connectivity index (χ0v) is 15.0. The Hall–Kier alpha value is -2.44. The van der Waals surface area contributed by atoms with Crippen LogP contribution in [0.2, 0.25) is 0 Å². The average molecular weight is 356 g/mol. The maximum absolute atomic E-state index is 13.0. The van der Waals surface area contributed by atoms with Crippen LogP contribution in [0.3, 0.4) is 0 Å². The number of carbonyl (C=O) groups excluding carboxylic acids is 1. The molecule has 2 aliphatic carbocycles. The molecule has 0 atom stereocenters. The summed E-state index contributed by atoms with van der Waals surface area (Å²) in [6, 6.07) is 1.95. The van der Waals surface area contributed by atoms with E-state index in [1.54, 1.807) is 10.6 Å². The number of aromatic amines is 1. The number of fused-ring (bicyclic) bond motifs is 1. The molecule has 2 fully saturated rings. The zero-order valence-electron chi connectivity index (χ0n) is 15.0. The monoisotopic (exact) mass is 356 g/mol. The molecule has 7 nitrogen and oxygen atoms in total. The maximum atomic E-state index is 13.0. The van der Waals surface area contributed by atoms with Crippen LogP contribution in [-0.2, 0) is 0 Å². The molecule has 2 aromatic rings. The van der Waals surface area contributed by atoms with Crippen molar-refractivity contribution in [2.24, 2.45) is 0 Å². The molecular weight excluding hydrogens is 332 g/mol. The van der Waals surface area contributed by atoms with E-state index in [2.05, 4.69) is 9.97 Å². The lowest BCUT2D eigenvalue weighted by molar-refractivity contribution is 0.0647. The summed E-state index contributed by atoms with van der Waals surface area (Å²) >= 11 is 0. The average Bonchev–Trinajstić information content (AvgIpc) is 3.48. The number of rotatable bonds is 4. The molecule has 0 unspecified atom stereocenters. The van der Waals surface area contributed by atoms with Crippen LogP contribution in [0.1, 0.15) is 68.3 Å². The van der Waals surface area contributed by atoms with E-state index >= 15 is 0 Å². The Balaban J connectivity index is 1.73. The second-order valence-corrected chi connectivity index (χ2v) is 7.34. The highest BCUT2D eigenvalue weighted by Crippen LogP contribution is 2.34. The molecule has 2 saturated carbocycles. The van der Waals surface area contributed by atoms with E-state index in [4.69, 9.17) is 0 Å². The molecule has 1 amide bonds. The van der Waals surface area contributed by atoms with E-state index in [1.807, 2.05) is 11.8 Å². The quantitative estimate of drug-likeness (QED) is 0.910. The highest BCUT2D eigenvalue weighted by molar-refractivity contribution is 5.97. The molecule has 2 aromatic heterocycles. The van der Waals surface area contributed by atoms with Gasteiger partial charge in [0.2, 0.25) is 0 Å². The minimum absolute atomic E-state index is 0.0858. The second-order valence-electron chi connectivity index (χ2n) is 7.34. The zero-order chi connectivity index (χ0) is 18.3. The fourth-order valence-corrected chi connectivity index (χ4v) is 4.05. The van der Waals surface area contributed by atoms with E-state index < -0.39 is 11.2 Å². The summed E-state index contributed by atoms with van der Waals surface area (Å²) in [6.07, 6.45) is 8.92. The first kappa shape index (κ1) is 17.0. The summed E-state index contributed by atoms with van der Waals surface area (Å²) < 4.78 is 1.55. The number of carbonyl (C=O) groups is 1. The Morgan fingerprint density at radius 1 is 1.23 bits per heavy atom. The van der Waals surface area contributed by atoms with Crippen molar-refractivity contribution >= 4 is 16.9 Å². The van der Waals surface area contributed by atoms with Crippen LogP contribution in [0, 0.1) is 0 Å². The molecular formula is C19H24N4O3. The molecule has 4 rings (SSSR count). The van der Waals surface area contributed by atoms with Crippen LogP contribution in [0.4, 0.5) is 0 Å². The number of nitrogens with zero attached hydrogens (tertiary/aromatic N) is 3. The van der Waals surface area contributed by atoms with Crippen molar-refractivity contribution < 1.29 is 4.79 Å². The van der Waals surface area contributed by atoms with E-state index in [-0.39, 0.29) is 18.0 Å². The molecule has 0 radical (unpaired) electrons. The summed E-state index contributed by atoms with van der Waals surface area (Å²) in [5.74, 6) is -0.0858. The SMILES string of the molecule is CCN(C(=O)c1cnc2c(c1)c(=O)[nH]c(=O)n2C1CC1)C1CCCCC1. The molecule has 0 spiro atoms. The third-order valence-corrected chi connectivity index (χ3v) is 5.55. The van der Waals surface area contributed by atoms with E-state index in [9.17, 15) is 14.4 Å². The summed E-state index contributed by atoms with van der Waals surface area (Å²) in [7, 11) is 0. The van der Waals surface area contributed by atoms with E-state index in [1.165, 1.54) is 12.6 Å². The van der Waals surface area contributed by atoms with Gasteiger partial charge in [-0.3, -0.25) is 19.1 Å². The van der Waals surface area contributed by atoms with Gasteiger partial charge in [0, 0.05) is 24.8 Å². The molecule has 1 N–H and O–H groups in total. The number of nitrogens with one attached hydrogen (secondary N) is 1. The minimum atomic E-state index is -0.482. The number of hydrogen-bond acceptors (Lipinski definition) is 4. The Morgan fingerprint density at radius 2 is 1.96 bits per heavy atom. The predicted molar refractivity (Wildman–Crippen MR) is 98.5 cm³/mol. The largest absolute Gasteiger partial charge is 0.336 e. The standard InChI is InChI=1S/C19H24N4O3/c1-2-22(13-6-4-3-5-7-13)18(25)12-10-15-16(20-11-12)23(14-8-9-14)19(26)21-17(15)24/h10-11,13-14H,2-9H2,1H3,(H,21,24,26). The van der Waals surface area contributed by atoms with Gasteiger partial charge < -0.3 is 4.90 Å². The Labute approximate surface area is 151 Å². The first-order valence-corrected chi connectivity index (χ1v) is 9.55. The van der Waals surface area contributed by atoms with Crippen molar-refractivity contribution in [1.29, 1.82) is 0 Å². The molecule has 0 bridgehead atoms. The summed E-state index contributed by atoms with van der Waals surface area (Å²) in [4.78, 5) is 46.0. The van der Waals surface area contributed by atoms with E-state index in [0.29, 0.717) is 23.1 Å². The number of amides is 1. The van der Waals surface area contributed by atoms with Crippen molar-refractivity contribution in [3.63, 3.8) is 0 Å². The van der Waals surface area contributed by atoms with Gasteiger partial charge in [-0.15, -0.1) is 0 Å². The lowest BCUT2D eigenvalue weighted by Gasteiger charge is -2.33. The van der Waals surface area contributed by atoms with Gasteiger partial charge in [-0.05, 0) is 38.7 Å². The van der Waals surface area contributed by atoms with Gasteiger partial charge in [0.15, 0.2) is 0 Å². The topological polar surface area (TPSA) is 88.1 Å². The fourth-order valence-electron chi connectivity index (χ4n) is 4.05. The lowest BCUT2D eigenvalue weighted by atomic mass is 9.94. The van der Waals surface area contributed by atoms with Crippen molar-refractivity contribution in [3.8, 4) is 0 Å². The van der Waals surface area contributed by atoms with Crippen molar-refractivity contribution in [2.45, 2.75) is 64.0 Å². The molecule has 0 aliphatic heterocycles. The van der Waals surface area contributed by atoms with Gasteiger partial charge in [0.1, 0.15) is 5.65 Å². The van der Waals surface area contributed by atoms with Crippen molar-refractivity contribution in [2.75, 3.05) is 6.54 Å². The Bertz CT molecular complexity index is 951. The van der Waals surface area contributed by atoms with Crippen LogP contribution in [-0.4, -0.2) is 37.9 Å². The number of hydrogen-bond donors (Lipinski definition) is 1. The van der Waals surface area contributed by atoms with Crippen molar-refractivity contribution in [1.82, 2.24) is 19.4 Å². The highest BCUT2D eigenvalue weighted by atomic mass is 16.2. The number of aromatic nitrogens is 3. The molecule has 0 aromatic carbocycles. The predicted octanol–water partition coefficient (Wildman–Crippen LogP) is 2.21. The first-order valence-electron chi connectivity index (χ1n) is 9.55. The van der Waals surface area contributed by atoms with Crippen LogP contribution in [0.15, 0.2) is 21.9 Å². The molecule has 26 heavy (non-hydrogen) atoms. The van der Waals surface area contributed by atoms with Gasteiger partial charge in [-0.2, -0.15) is 0 Å². The van der Waals surface area contributed by atoms with E-state index in [0.717, 1.165) is 38.5 Å². The number of H-pyrrole nitrogens is 1. The smallest absolute Gasteiger partial charge is 0.330 e. The third-order valence-electron chi connectivity index (χ3n) is 5.55. The summed E-state index contributed by atoms with van der Waals surface area (Å²) in [6.45, 7) is 2.62. The molecule has 2 heterocycles. The van der Waals surface area contributed by atoms with Crippen LogP contribution >= 0.6 is 0 Å². The van der Waals surface area contributed by atoms with Crippen LogP contribution in [0.25, 0.3) is 11.0 Å². The van der Waals surface area contributed by atoms with Gasteiger partial charge in [0.25, 0.3) is 11.5 Å². The summed E-state index contributed by atoms with van der Waals surface area (Å²) in [5, 5.41) is 0.307.